The summed E-state index contributed by atoms with van der Waals surface area (Å²) in [5.74, 6) is -6.87. The number of benzene rings is 3. The molecule has 16 nitrogen and oxygen atoms in total. The van der Waals surface area contributed by atoms with Crippen molar-refractivity contribution >= 4 is 41.3 Å². The fourth-order valence-corrected chi connectivity index (χ4v) is 10.5. The zero-order valence-corrected chi connectivity index (χ0v) is 37.4. The lowest BCUT2D eigenvalue weighted by molar-refractivity contribution is -0.346. The Labute approximate surface area is 376 Å². The summed E-state index contributed by atoms with van der Waals surface area (Å²) in [6.45, 7) is 10.5. The molecule has 1 aliphatic heterocycles. The van der Waals surface area contributed by atoms with Crippen molar-refractivity contribution in [3.63, 3.8) is 0 Å². The summed E-state index contributed by atoms with van der Waals surface area (Å²) >= 11 is 0. The lowest BCUT2D eigenvalue weighted by Crippen LogP contribution is -2.82. The number of hydrogen-bond donors (Lipinski definition) is 5. The van der Waals surface area contributed by atoms with Crippen molar-refractivity contribution in [3.05, 3.63) is 113 Å². The molecule has 1 unspecified atom stereocenters. The highest BCUT2D eigenvalue weighted by Crippen LogP contribution is 2.64. The van der Waals surface area contributed by atoms with Gasteiger partial charge in [-0.1, -0.05) is 62.4 Å². The molecule has 2 saturated carbocycles. The molecule has 5 N–H and O–H groups in total. The minimum Gasteiger partial charge on any atom is -0.456 e. The SMILES string of the molecule is CCNc1ccc(C(NC(=O)c2ccccc2)[C@@H](O)C(=O)O[C@H]2C[C@@]3(O)[C@@H](OC(=O)c4ccccc4)[C@@H]4[C@]5(OC(C)=O)CO[C@@H]5C[C@H](O)[C@@]4(C)C(=O)[C@H](OC(C)=O)C(=C2C)C3(C)C)cc1. The maximum Gasteiger partial charge on any atom is 0.338 e. The number of esters is 4. The zero-order valence-electron chi connectivity index (χ0n) is 37.4. The molecule has 2 bridgehead atoms. The van der Waals surface area contributed by atoms with Crippen LogP contribution >= 0.6 is 0 Å². The van der Waals surface area contributed by atoms with Crippen LogP contribution in [0.1, 0.15) is 93.6 Å². The third kappa shape index (κ3) is 8.10. The molecule has 3 aromatic rings. The first-order valence-corrected chi connectivity index (χ1v) is 21.7. The van der Waals surface area contributed by atoms with Gasteiger partial charge in [-0.15, -0.1) is 0 Å². The number of aliphatic hydroxyl groups excluding tert-OH is 2. The molecular weight excluding hydrogens is 841 g/mol. The molecular formula is C49H56N2O14. The fraction of sp³-hybridized carbons (Fsp3) is 0.469. The van der Waals surface area contributed by atoms with E-state index in [2.05, 4.69) is 10.6 Å². The fourth-order valence-electron chi connectivity index (χ4n) is 10.5. The summed E-state index contributed by atoms with van der Waals surface area (Å²) in [6, 6.07) is 21.4. The summed E-state index contributed by atoms with van der Waals surface area (Å²) < 4.78 is 30.4. The minimum absolute atomic E-state index is 0.00663. The van der Waals surface area contributed by atoms with Crippen molar-refractivity contribution in [1.82, 2.24) is 5.32 Å². The molecule has 11 atom stereocenters. The Morgan fingerprint density at radius 1 is 0.862 bits per heavy atom. The number of Topliss-reactive ketones (excluding diaryl/α,β-unsaturated/α-hetero) is 1. The van der Waals surface area contributed by atoms with E-state index in [-0.39, 0.29) is 35.3 Å². The van der Waals surface area contributed by atoms with Gasteiger partial charge in [0.15, 0.2) is 23.6 Å². The normalized spacial score (nSPS) is 30.9. The van der Waals surface area contributed by atoms with Gasteiger partial charge in [0, 0.05) is 49.9 Å². The van der Waals surface area contributed by atoms with Crippen LogP contribution in [-0.4, -0.2) is 112 Å². The Bertz CT molecular complexity index is 2370. The number of aliphatic hydroxyl groups is 3. The Kier molecular flexibility index (Phi) is 12.9. The third-order valence-electron chi connectivity index (χ3n) is 14.0. The van der Waals surface area contributed by atoms with Crippen molar-refractivity contribution in [2.75, 3.05) is 18.5 Å². The second kappa shape index (κ2) is 17.8. The molecule has 7 rings (SSSR count). The smallest absolute Gasteiger partial charge is 0.338 e. The number of rotatable bonds is 12. The molecule has 65 heavy (non-hydrogen) atoms. The molecule has 1 saturated heterocycles. The summed E-state index contributed by atoms with van der Waals surface area (Å²) in [6.07, 6.45) is -10.6. The molecule has 3 aromatic carbocycles. The van der Waals surface area contributed by atoms with Gasteiger partial charge in [-0.2, -0.15) is 0 Å². The maximum absolute atomic E-state index is 15.5. The van der Waals surface area contributed by atoms with Crippen LogP contribution in [0.25, 0.3) is 0 Å². The Balaban J connectivity index is 1.38. The molecule has 0 spiro atoms. The molecule has 3 fully saturated rings. The van der Waals surface area contributed by atoms with Crippen LogP contribution in [0, 0.1) is 16.7 Å². The standard InChI is InChI=1S/C49H56N2O14/c1-8-50-32-21-19-29(20-22-32)37(51-43(57)30-15-11-9-12-16-30)38(55)45(59)63-33-24-49(60)42(64-44(58)31-17-13-10-14-18-31)40-47(7,34(54)23-35-48(40,25-61-35)65-28(4)53)41(56)39(62-27(3)52)36(26(33)2)46(49,5)6/h9-22,33-35,37-40,42,50,54-55,60H,8,23-25H2,1-7H3,(H,51,57)/t33-,34-,35+,37?,38+,39+,40-,42-,47+,48-,49+/m0/s1. The summed E-state index contributed by atoms with van der Waals surface area (Å²) in [7, 11) is 0. The number of amides is 1. The summed E-state index contributed by atoms with van der Waals surface area (Å²) in [5.41, 5.74) is -6.34. The van der Waals surface area contributed by atoms with E-state index in [1.165, 1.54) is 26.0 Å². The lowest BCUT2D eigenvalue weighted by atomic mass is 9.44. The predicted molar refractivity (Wildman–Crippen MR) is 232 cm³/mol. The van der Waals surface area contributed by atoms with E-state index in [0.29, 0.717) is 12.1 Å². The number of ketones is 1. The number of nitrogens with one attached hydrogen (secondary N) is 2. The van der Waals surface area contributed by atoms with Crippen LogP contribution in [0.5, 0.6) is 0 Å². The first-order valence-electron chi connectivity index (χ1n) is 21.7. The first kappa shape index (κ1) is 47.0. The molecule has 1 amide bonds. The van der Waals surface area contributed by atoms with Gasteiger partial charge < -0.3 is 49.6 Å². The predicted octanol–water partition coefficient (Wildman–Crippen LogP) is 4.17. The second-order valence-corrected chi connectivity index (χ2v) is 18.1. The number of ether oxygens (including phenoxy) is 5. The average molecular weight is 897 g/mol. The van der Waals surface area contributed by atoms with Crippen LogP contribution in [0.2, 0.25) is 0 Å². The highest BCUT2D eigenvalue weighted by atomic mass is 16.6. The Morgan fingerprint density at radius 2 is 1.48 bits per heavy atom. The van der Waals surface area contributed by atoms with Crippen LogP contribution in [0.4, 0.5) is 5.69 Å². The number of hydrogen-bond acceptors (Lipinski definition) is 15. The monoisotopic (exact) mass is 896 g/mol. The molecule has 16 heteroatoms. The van der Waals surface area contributed by atoms with Crippen molar-refractivity contribution in [2.45, 2.75) is 115 Å². The van der Waals surface area contributed by atoms with E-state index in [4.69, 9.17) is 23.7 Å². The lowest BCUT2D eigenvalue weighted by Gasteiger charge is -2.67. The van der Waals surface area contributed by atoms with E-state index < -0.39 is 113 Å². The Hall–Kier alpha value is -5.94. The minimum atomic E-state index is -2.40. The average Bonchev–Trinajstić information content (AvgIpc) is 3.27. The molecule has 4 aliphatic rings. The topological polar surface area (TPSA) is 233 Å². The van der Waals surface area contributed by atoms with E-state index in [9.17, 15) is 39.3 Å². The third-order valence-corrected chi connectivity index (χ3v) is 14.0. The molecule has 1 heterocycles. The van der Waals surface area contributed by atoms with Crippen LogP contribution < -0.4 is 10.6 Å². The molecule has 3 aliphatic carbocycles. The van der Waals surface area contributed by atoms with Crippen molar-refractivity contribution in [2.24, 2.45) is 16.7 Å². The van der Waals surface area contributed by atoms with Crippen LogP contribution in [0.15, 0.2) is 96.1 Å². The summed E-state index contributed by atoms with van der Waals surface area (Å²) in [5, 5.41) is 43.7. The van der Waals surface area contributed by atoms with Gasteiger partial charge >= 0.3 is 23.9 Å². The zero-order chi connectivity index (χ0) is 47.2. The van der Waals surface area contributed by atoms with Gasteiger partial charge in [0.2, 0.25) is 0 Å². The Morgan fingerprint density at radius 3 is 2.03 bits per heavy atom. The van der Waals surface area contributed by atoms with Crippen LogP contribution in [-0.2, 0) is 42.9 Å². The largest absolute Gasteiger partial charge is 0.456 e. The van der Waals surface area contributed by atoms with Gasteiger partial charge in [-0.25, -0.2) is 9.59 Å². The van der Waals surface area contributed by atoms with Crippen molar-refractivity contribution in [3.8, 4) is 0 Å². The maximum atomic E-state index is 15.5. The molecule has 0 aromatic heterocycles. The summed E-state index contributed by atoms with van der Waals surface area (Å²) in [4.78, 5) is 84.0. The quantitative estimate of drug-likeness (QED) is 0.0976. The van der Waals surface area contributed by atoms with Crippen molar-refractivity contribution < 1.29 is 67.8 Å². The van der Waals surface area contributed by atoms with Gasteiger partial charge in [0.25, 0.3) is 5.91 Å². The second-order valence-electron chi connectivity index (χ2n) is 18.1. The number of fused-ring (bicyclic) bond motifs is 5. The first-order chi connectivity index (χ1) is 30.7. The number of carbonyl (C=O) groups is 6. The van der Waals surface area contributed by atoms with E-state index in [1.807, 2.05) is 6.92 Å². The van der Waals surface area contributed by atoms with Gasteiger partial charge in [0.1, 0.15) is 23.9 Å². The number of anilines is 1. The van der Waals surface area contributed by atoms with E-state index in [1.54, 1.807) is 86.6 Å². The van der Waals surface area contributed by atoms with Crippen molar-refractivity contribution in [1.29, 1.82) is 0 Å². The van der Waals surface area contributed by atoms with Crippen LogP contribution in [0.3, 0.4) is 0 Å². The van der Waals surface area contributed by atoms with Gasteiger partial charge in [-0.3, -0.25) is 19.2 Å². The highest BCUT2D eigenvalue weighted by Gasteiger charge is 2.78. The van der Waals surface area contributed by atoms with Gasteiger partial charge in [0.05, 0.1) is 35.6 Å². The van der Waals surface area contributed by atoms with E-state index >= 15 is 4.79 Å². The highest BCUT2D eigenvalue weighted by molar-refractivity contribution is 5.96. The van der Waals surface area contributed by atoms with Gasteiger partial charge in [-0.05, 0) is 73.9 Å². The van der Waals surface area contributed by atoms with E-state index in [0.717, 1.165) is 19.5 Å². The molecule has 346 valence electrons. The molecule has 0 radical (unpaired) electrons. The number of carbonyl (C=O) groups excluding carboxylic acids is 6.